The predicted molar refractivity (Wildman–Crippen MR) is 129 cm³/mol. The van der Waals surface area contributed by atoms with Crippen molar-refractivity contribution in [2.75, 3.05) is 16.0 Å². The van der Waals surface area contributed by atoms with Crippen molar-refractivity contribution in [1.82, 2.24) is 0 Å². The molecule has 1 aliphatic rings. The minimum atomic E-state index is -0.194. The lowest BCUT2D eigenvalue weighted by atomic mass is 10.00. The van der Waals surface area contributed by atoms with E-state index in [1.807, 2.05) is 78.6 Å². The number of thioether (sulfide) groups is 1. The Hall–Kier alpha value is -3.05. The van der Waals surface area contributed by atoms with Gasteiger partial charge >= 0.3 is 0 Å². The SMILES string of the molecule is Cc1ccccc1C(=O)Nc1ccccc1[C@@H]1SCC(=O)N1c1ccccc1C(C)C. The average Bonchev–Trinajstić information content (AvgIpc) is 3.15. The number of hydrogen-bond donors (Lipinski definition) is 1. The van der Waals surface area contributed by atoms with Gasteiger partial charge in [-0.3, -0.25) is 14.5 Å². The van der Waals surface area contributed by atoms with Gasteiger partial charge in [0.15, 0.2) is 0 Å². The standard InChI is InChI=1S/C26H26N2O2S/c1-17(2)19-11-7-9-15-23(19)28-24(29)16-31-26(28)21-13-6-8-14-22(21)27-25(30)20-12-5-4-10-18(20)3/h4-15,17,26H,16H2,1-3H3,(H,27,30)/t26-/m0/s1. The third kappa shape index (κ3) is 4.23. The summed E-state index contributed by atoms with van der Waals surface area (Å²) in [6.07, 6.45) is 0. The van der Waals surface area contributed by atoms with Crippen molar-refractivity contribution >= 4 is 35.0 Å². The van der Waals surface area contributed by atoms with E-state index in [9.17, 15) is 9.59 Å². The van der Waals surface area contributed by atoms with E-state index < -0.39 is 0 Å². The summed E-state index contributed by atoms with van der Waals surface area (Å²) < 4.78 is 0. The minimum absolute atomic E-state index is 0.0862. The molecule has 158 valence electrons. The second-order valence-electron chi connectivity index (χ2n) is 8.00. The van der Waals surface area contributed by atoms with Gasteiger partial charge < -0.3 is 5.32 Å². The van der Waals surface area contributed by atoms with E-state index in [1.54, 1.807) is 11.8 Å². The van der Waals surface area contributed by atoms with Crippen molar-refractivity contribution in [3.63, 3.8) is 0 Å². The van der Waals surface area contributed by atoms with E-state index in [0.29, 0.717) is 17.2 Å². The Kier molecular flexibility index (Phi) is 6.14. The Morgan fingerprint density at radius 2 is 1.68 bits per heavy atom. The molecule has 0 aliphatic carbocycles. The summed E-state index contributed by atoms with van der Waals surface area (Å²) in [5.74, 6) is 0.653. The number of carbonyl (C=O) groups excluding carboxylic acids is 2. The van der Waals surface area contributed by atoms with Crippen LogP contribution in [0.3, 0.4) is 0 Å². The fourth-order valence-corrected chi connectivity index (χ4v) is 5.16. The lowest BCUT2D eigenvalue weighted by molar-refractivity contribution is -0.115. The number of benzene rings is 3. The molecule has 4 rings (SSSR count). The molecule has 1 aliphatic heterocycles. The highest BCUT2D eigenvalue weighted by molar-refractivity contribution is 8.00. The van der Waals surface area contributed by atoms with Gasteiger partial charge in [0.1, 0.15) is 5.37 Å². The Morgan fingerprint density at radius 1 is 1.00 bits per heavy atom. The van der Waals surface area contributed by atoms with Gasteiger partial charge in [-0.1, -0.05) is 68.4 Å². The smallest absolute Gasteiger partial charge is 0.255 e. The molecule has 0 radical (unpaired) electrons. The van der Waals surface area contributed by atoms with Crippen LogP contribution in [0.2, 0.25) is 0 Å². The summed E-state index contributed by atoms with van der Waals surface area (Å²) in [6, 6.07) is 23.4. The Labute approximate surface area is 187 Å². The first-order chi connectivity index (χ1) is 15.0. The zero-order valence-corrected chi connectivity index (χ0v) is 18.8. The van der Waals surface area contributed by atoms with Crippen molar-refractivity contribution in [3.05, 3.63) is 95.1 Å². The topological polar surface area (TPSA) is 49.4 Å². The third-order valence-electron chi connectivity index (χ3n) is 5.55. The number of para-hydroxylation sites is 2. The Morgan fingerprint density at radius 3 is 2.45 bits per heavy atom. The average molecular weight is 431 g/mol. The van der Waals surface area contributed by atoms with Gasteiger partial charge in [-0.25, -0.2) is 0 Å². The summed E-state index contributed by atoms with van der Waals surface area (Å²) in [5.41, 5.74) is 5.32. The van der Waals surface area contributed by atoms with Crippen LogP contribution in [0.4, 0.5) is 11.4 Å². The lowest BCUT2D eigenvalue weighted by Crippen LogP contribution is -2.29. The number of anilines is 2. The van der Waals surface area contributed by atoms with Crippen LogP contribution in [0.5, 0.6) is 0 Å². The predicted octanol–water partition coefficient (Wildman–Crippen LogP) is 6.15. The van der Waals surface area contributed by atoms with Gasteiger partial charge in [0.2, 0.25) is 5.91 Å². The zero-order chi connectivity index (χ0) is 22.0. The van der Waals surface area contributed by atoms with Gasteiger partial charge in [0.25, 0.3) is 5.91 Å². The first-order valence-electron chi connectivity index (χ1n) is 10.5. The fourth-order valence-electron chi connectivity index (χ4n) is 3.95. The van der Waals surface area contributed by atoms with Crippen LogP contribution in [0.15, 0.2) is 72.8 Å². The monoisotopic (exact) mass is 430 g/mol. The number of carbonyl (C=O) groups is 2. The molecule has 0 bridgehead atoms. The molecule has 0 spiro atoms. The van der Waals surface area contributed by atoms with Gasteiger partial charge in [0.05, 0.1) is 5.75 Å². The molecule has 31 heavy (non-hydrogen) atoms. The summed E-state index contributed by atoms with van der Waals surface area (Å²) in [7, 11) is 0. The van der Waals surface area contributed by atoms with Crippen LogP contribution in [0.25, 0.3) is 0 Å². The molecule has 0 unspecified atom stereocenters. The second-order valence-corrected chi connectivity index (χ2v) is 9.07. The summed E-state index contributed by atoms with van der Waals surface area (Å²) in [5, 5.41) is 2.88. The Balaban J connectivity index is 1.71. The van der Waals surface area contributed by atoms with E-state index in [1.165, 1.54) is 0 Å². The third-order valence-corrected chi connectivity index (χ3v) is 6.75. The van der Waals surface area contributed by atoms with Gasteiger partial charge in [-0.2, -0.15) is 0 Å². The van der Waals surface area contributed by atoms with Gasteiger partial charge in [0, 0.05) is 22.5 Å². The molecule has 0 aromatic heterocycles. The molecule has 1 N–H and O–H groups in total. The summed E-state index contributed by atoms with van der Waals surface area (Å²) in [4.78, 5) is 27.8. The van der Waals surface area contributed by atoms with Crippen LogP contribution in [-0.2, 0) is 4.79 Å². The van der Waals surface area contributed by atoms with E-state index >= 15 is 0 Å². The highest BCUT2D eigenvalue weighted by atomic mass is 32.2. The number of nitrogens with zero attached hydrogens (tertiary/aromatic N) is 1. The van der Waals surface area contributed by atoms with E-state index in [0.717, 1.165) is 28.1 Å². The molecule has 1 atom stereocenters. The molecule has 2 amide bonds. The quantitative estimate of drug-likeness (QED) is 0.528. The zero-order valence-electron chi connectivity index (χ0n) is 18.0. The van der Waals surface area contributed by atoms with Crippen molar-refractivity contribution in [2.24, 2.45) is 0 Å². The fraction of sp³-hybridized carbons (Fsp3) is 0.231. The Bertz CT molecular complexity index is 1130. The first-order valence-corrected chi connectivity index (χ1v) is 11.5. The highest BCUT2D eigenvalue weighted by Crippen LogP contribution is 2.46. The van der Waals surface area contributed by atoms with Gasteiger partial charge in [-0.05, 0) is 42.2 Å². The van der Waals surface area contributed by atoms with Crippen molar-refractivity contribution in [3.8, 4) is 0 Å². The normalized spacial score (nSPS) is 16.1. The molecule has 1 fully saturated rings. The highest BCUT2D eigenvalue weighted by Gasteiger charge is 2.36. The van der Waals surface area contributed by atoms with Crippen molar-refractivity contribution in [1.29, 1.82) is 0 Å². The maximum atomic E-state index is 13.0. The van der Waals surface area contributed by atoms with Crippen LogP contribution in [0.1, 0.15) is 52.2 Å². The summed E-state index contributed by atoms with van der Waals surface area (Å²) >= 11 is 1.59. The molecular formula is C26H26N2O2S. The van der Waals surface area contributed by atoms with E-state index in [2.05, 4.69) is 25.2 Å². The van der Waals surface area contributed by atoms with Crippen molar-refractivity contribution < 1.29 is 9.59 Å². The number of hydrogen-bond acceptors (Lipinski definition) is 3. The lowest BCUT2D eigenvalue weighted by Gasteiger charge is -2.29. The number of rotatable bonds is 5. The van der Waals surface area contributed by atoms with Crippen LogP contribution >= 0.6 is 11.8 Å². The minimum Gasteiger partial charge on any atom is -0.322 e. The molecule has 0 saturated carbocycles. The molecule has 4 nitrogen and oxygen atoms in total. The maximum Gasteiger partial charge on any atom is 0.255 e. The van der Waals surface area contributed by atoms with E-state index in [4.69, 9.17) is 0 Å². The second kappa shape index (κ2) is 8.98. The molecular weight excluding hydrogens is 404 g/mol. The van der Waals surface area contributed by atoms with Crippen LogP contribution in [-0.4, -0.2) is 17.6 Å². The molecule has 1 saturated heterocycles. The van der Waals surface area contributed by atoms with Crippen LogP contribution < -0.4 is 10.2 Å². The van der Waals surface area contributed by atoms with E-state index in [-0.39, 0.29) is 17.2 Å². The number of aryl methyl sites for hydroxylation is 1. The molecule has 5 heteroatoms. The number of nitrogens with one attached hydrogen (secondary N) is 1. The number of amides is 2. The molecule has 1 heterocycles. The van der Waals surface area contributed by atoms with Crippen molar-refractivity contribution in [2.45, 2.75) is 32.1 Å². The first kappa shape index (κ1) is 21.2. The van der Waals surface area contributed by atoms with Gasteiger partial charge in [-0.15, -0.1) is 11.8 Å². The largest absolute Gasteiger partial charge is 0.322 e. The summed E-state index contributed by atoms with van der Waals surface area (Å²) in [6.45, 7) is 6.20. The van der Waals surface area contributed by atoms with Crippen LogP contribution in [0, 0.1) is 6.92 Å². The maximum absolute atomic E-state index is 13.0. The molecule has 3 aromatic rings. The molecule has 3 aromatic carbocycles.